The van der Waals surface area contributed by atoms with Crippen LogP contribution in [-0.4, -0.2) is 23.1 Å². The summed E-state index contributed by atoms with van der Waals surface area (Å²) in [4.78, 5) is 11.9. The van der Waals surface area contributed by atoms with Gasteiger partial charge in [0.15, 0.2) is 5.78 Å². The third kappa shape index (κ3) is 2.79. The summed E-state index contributed by atoms with van der Waals surface area (Å²) < 4.78 is 6.10. The molecule has 3 heteroatoms. The van der Waals surface area contributed by atoms with Gasteiger partial charge >= 0.3 is 0 Å². The highest BCUT2D eigenvalue weighted by Gasteiger charge is 2.26. The van der Waals surface area contributed by atoms with E-state index in [-0.39, 0.29) is 11.9 Å². The molecule has 0 heterocycles. The van der Waals surface area contributed by atoms with Crippen LogP contribution in [0.2, 0.25) is 0 Å². The lowest BCUT2D eigenvalue weighted by Crippen LogP contribution is -2.35. The molecule has 1 fully saturated rings. The smallest absolute Gasteiger partial charge is 0.163 e. The maximum absolute atomic E-state index is 11.9. The maximum Gasteiger partial charge on any atom is 0.163 e. The monoisotopic (exact) mass is 284 g/mol. The molecule has 0 aliphatic heterocycles. The van der Waals surface area contributed by atoms with Crippen molar-refractivity contribution in [1.29, 1.82) is 0 Å². The van der Waals surface area contributed by atoms with E-state index in [2.05, 4.69) is 0 Å². The number of Topliss-reactive ketones (excluding diaryl/α,β-unsaturated/α-hetero) is 1. The number of ether oxygens (including phenoxy) is 1. The van der Waals surface area contributed by atoms with Gasteiger partial charge in [0, 0.05) is 5.39 Å². The van der Waals surface area contributed by atoms with Crippen LogP contribution in [0.25, 0.3) is 10.8 Å². The van der Waals surface area contributed by atoms with Gasteiger partial charge in [-0.2, -0.15) is 0 Å². The molecule has 2 aromatic rings. The van der Waals surface area contributed by atoms with Gasteiger partial charge in [0.05, 0.1) is 11.7 Å². The van der Waals surface area contributed by atoms with Gasteiger partial charge in [0.1, 0.15) is 11.9 Å². The Balaban J connectivity index is 2.05. The second-order valence-corrected chi connectivity index (χ2v) is 5.73. The Kier molecular flexibility index (Phi) is 3.93. The maximum atomic E-state index is 11.9. The van der Waals surface area contributed by atoms with Gasteiger partial charge in [-0.05, 0) is 37.6 Å². The summed E-state index contributed by atoms with van der Waals surface area (Å²) in [7, 11) is 0. The van der Waals surface area contributed by atoms with Crippen molar-refractivity contribution in [2.45, 2.75) is 44.8 Å². The fourth-order valence-electron chi connectivity index (χ4n) is 3.01. The summed E-state index contributed by atoms with van der Waals surface area (Å²) in [5, 5.41) is 12.1. The van der Waals surface area contributed by atoms with E-state index in [0.717, 1.165) is 36.5 Å². The van der Waals surface area contributed by atoms with Crippen molar-refractivity contribution in [3.63, 3.8) is 0 Å². The van der Waals surface area contributed by atoms with Gasteiger partial charge < -0.3 is 9.84 Å². The normalized spacial score (nSPS) is 22.2. The number of carbonyl (C=O) groups excluding carboxylic acids is 1. The number of benzene rings is 2. The van der Waals surface area contributed by atoms with Crippen LogP contribution in [0.3, 0.4) is 0 Å². The van der Waals surface area contributed by atoms with Crippen molar-refractivity contribution in [2.75, 3.05) is 0 Å². The first-order valence-corrected chi connectivity index (χ1v) is 7.54. The average molecular weight is 284 g/mol. The van der Waals surface area contributed by atoms with E-state index in [9.17, 15) is 9.90 Å². The first-order chi connectivity index (χ1) is 10.2. The van der Waals surface area contributed by atoms with E-state index in [1.807, 2.05) is 36.4 Å². The quantitative estimate of drug-likeness (QED) is 0.874. The van der Waals surface area contributed by atoms with E-state index in [4.69, 9.17) is 4.74 Å². The molecular formula is C18H20O3. The lowest BCUT2D eigenvalue weighted by atomic mass is 9.94. The molecule has 0 saturated heterocycles. The van der Waals surface area contributed by atoms with E-state index < -0.39 is 6.10 Å². The first-order valence-electron chi connectivity index (χ1n) is 7.54. The third-order valence-corrected chi connectivity index (χ3v) is 4.20. The molecule has 2 aromatic carbocycles. The topological polar surface area (TPSA) is 46.5 Å². The van der Waals surface area contributed by atoms with Crippen molar-refractivity contribution in [2.24, 2.45) is 0 Å². The zero-order valence-corrected chi connectivity index (χ0v) is 12.2. The zero-order chi connectivity index (χ0) is 14.8. The Labute approximate surface area is 124 Å². The highest BCUT2D eigenvalue weighted by molar-refractivity contribution is 6.03. The molecule has 1 aliphatic rings. The Morgan fingerprint density at radius 3 is 2.67 bits per heavy atom. The number of aliphatic hydroxyl groups excluding tert-OH is 1. The minimum absolute atomic E-state index is 0.0129. The van der Waals surface area contributed by atoms with Gasteiger partial charge in [0.25, 0.3) is 0 Å². The predicted molar refractivity (Wildman–Crippen MR) is 82.8 cm³/mol. The lowest BCUT2D eigenvalue weighted by molar-refractivity contribution is 0.00729. The Morgan fingerprint density at radius 2 is 1.90 bits per heavy atom. The van der Waals surface area contributed by atoms with Gasteiger partial charge in [-0.15, -0.1) is 0 Å². The van der Waals surface area contributed by atoms with Crippen molar-refractivity contribution in [3.05, 3.63) is 42.0 Å². The van der Waals surface area contributed by atoms with Crippen LogP contribution in [0.15, 0.2) is 36.4 Å². The van der Waals surface area contributed by atoms with Crippen molar-refractivity contribution >= 4 is 16.6 Å². The molecule has 0 amide bonds. The molecule has 1 saturated carbocycles. The molecule has 1 aliphatic carbocycles. The number of carbonyl (C=O) groups is 1. The van der Waals surface area contributed by atoms with Gasteiger partial charge in [0.2, 0.25) is 0 Å². The number of hydrogen-bond donors (Lipinski definition) is 1. The predicted octanol–water partition coefficient (Wildman–Crippen LogP) is 3.72. The highest BCUT2D eigenvalue weighted by atomic mass is 16.5. The van der Waals surface area contributed by atoms with Gasteiger partial charge in [-0.3, -0.25) is 4.79 Å². The second-order valence-electron chi connectivity index (χ2n) is 5.73. The van der Waals surface area contributed by atoms with Crippen molar-refractivity contribution in [3.8, 4) is 5.75 Å². The van der Waals surface area contributed by atoms with Crippen LogP contribution >= 0.6 is 0 Å². The minimum Gasteiger partial charge on any atom is -0.486 e. The summed E-state index contributed by atoms with van der Waals surface area (Å²) >= 11 is 0. The molecule has 0 radical (unpaired) electrons. The van der Waals surface area contributed by atoms with Crippen molar-refractivity contribution in [1.82, 2.24) is 0 Å². The molecular weight excluding hydrogens is 264 g/mol. The largest absolute Gasteiger partial charge is 0.486 e. The van der Waals surface area contributed by atoms with E-state index in [0.29, 0.717) is 11.3 Å². The number of hydrogen-bond acceptors (Lipinski definition) is 3. The number of rotatable bonds is 3. The van der Waals surface area contributed by atoms with Crippen LogP contribution in [0, 0.1) is 0 Å². The molecule has 0 spiro atoms. The molecule has 0 aromatic heterocycles. The summed E-state index contributed by atoms with van der Waals surface area (Å²) in [5.74, 6) is 0.604. The van der Waals surface area contributed by atoms with Crippen LogP contribution in [-0.2, 0) is 0 Å². The molecule has 21 heavy (non-hydrogen) atoms. The molecule has 2 atom stereocenters. The fraction of sp³-hybridized carbons (Fsp3) is 0.389. The van der Waals surface area contributed by atoms with Crippen LogP contribution in [0.4, 0.5) is 0 Å². The van der Waals surface area contributed by atoms with Gasteiger partial charge in [-0.25, -0.2) is 0 Å². The molecule has 3 rings (SSSR count). The summed E-state index contributed by atoms with van der Waals surface area (Å²) in [6.07, 6.45) is 3.03. The third-order valence-electron chi connectivity index (χ3n) is 4.20. The standard InChI is InChI=1S/C18H20O3/c1-12(19)14-11-10-13-6-2-3-7-15(13)18(14)21-17-9-5-4-8-16(17)20/h2-3,6-7,10-11,16-17,20H,4-5,8-9H2,1H3. The number of ketones is 1. The molecule has 1 N–H and O–H groups in total. The van der Waals surface area contributed by atoms with Crippen LogP contribution in [0.5, 0.6) is 5.75 Å². The Morgan fingerprint density at radius 1 is 1.14 bits per heavy atom. The fourth-order valence-corrected chi connectivity index (χ4v) is 3.01. The first kappa shape index (κ1) is 14.1. The summed E-state index contributed by atoms with van der Waals surface area (Å²) in [6.45, 7) is 1.55. The summed E-state index contributed by atoms with van der Waals surface area (Å²) in [5.41, 5.74) is 0.589. The second kappa shape index (κ2) is 5.86. The molecule has 110 valence electrons. The highest BCUT2D eigenvalue weighted by Crippen LogP contribution is 2.33. The van der Waals surface area contributed by atoms with E-state index in [1.165, 1.54) is 0 Å². The Hall–Kier alpha value is -1.87. The molecule has 2 unspecified atom stereocenters. The number of aliphatic hydroxyl groups is 1. The Bertz CT molecular complexity index is 663. The lowest BCUT2D eigenvalue weighted by Gasteiger charge is -2.29. The van der Waals surface area contributed by atoms with Crippen molar-refractivity contribution < 1.29 is 14.6 Å². The van der Waals surface area contributed by atoms with Gasteiger partial charge in [-0.1, -0.05) is 36.8 Å². The molecule has 3 nitrogen and oxygen atoms in total. The van der Waals surface area contributed by atoms with Crippen LogP contribution in [0.1, 0.15) is 43.0 Å². The molecule has 0 bridgehead atoms. The zero-order valence-electron chi connectivity index (χ0n) is 12.2. The van der Waals surface area contributed by atoms with Crippen LogP contribution < -0.4 is 4.74 Å². The van der Waals surface area contributed by atoms with E-state index >= 15 is 0 Å². The SMILES string of the molecule is CC(=O)c1ccc2ccccc2c1OC1CCCCC1O. The summed E-state index contributed by atoms with van der Waals surface area (Å²) in [6, 6.07) is 11.6. The minimum atomic E-state index is -0.447. The number of fused-ring (bicyclic) bond motifs is 1. The average Bonchev–Trinajstić information content (AvgIpc) is 2.49. The van der Waals surface area contributed by atoms with E-state index in [1.54, 1.807) is 6.92 Å².